The summed E-state index contributed by atoms with van der Waals surface area (Å²) in [6.07, 6.45) is 1.58. The Morgan fingerprint density at radius 1 is 1.32 bits per heavy atom. The van der Waals surface area contributed by atoms with Crippen molar-refractivity contribution in [1.29, 1.82) is 0 Å². The Hall–Kier alpha value is -0.820. The molecule has 4 nitrogen and oxygen atoms in total. The molecular formula is C14H16INO3. The second-order valence-electron chi connectivity index (χ2n) is 5.44. The predicted octanol–water partition coefficient (Wildman–Crippen LogP) is 1.84. The lowest BCUT2D eigenvalue weighted by atomic mass is 10.00. The Labute approximate surface area is 125 Å². The fourth-order valence-electron chi connectivity index (χ4n) is 3.25. The zero-order valence-corrected chi connectivity index (χ0v) is 12.6. The zero-order valence-electron chi connectivity index (χ0n) is 10.4. The van der Waals surface area contributed by atoms with Gasteiger partial charge in [-0.25, -0.2) is 0 Å². The van der Waals surface area contributed by atoms with E-state index in [0.29, 0.717) is 24.6 Å². The van der Waals surface area contributed by atoms with Gasteiger partial charge in [0.1, 0.15) is 5.75 Å². The number of carbonyl (C=O) groups is 1. The van der Waals surface area contributed by atoms with Crippen LogP contribution in [0.5, 0.6) is 5.75 Å². The number of hydrogen-bond acceptors (Lipinski definition) is 3. The smallest absolute Gasteiger partial charge is 0.257 e. The third-order valence-electron chi connectivity index (χ3n) is 4.30. The third-order valence-corrected chi connectivity index (χ3v) is 4.97. The molecule has 1 saturated carbocycles. The molecule has 5 heteroatoms. The lowest BCUT2D eigenvalue weighted by molar-refractivity contribution is 0.0749. The molecule has 19 heavy (non-hydrogen) atoms. The number of likely N-dealkylation sites (tertiary alicyclic amines) is 1. The van der Waals surface area contributed by atoms with Crippen molar-refractivity contribution in [2.24, 2.45) is 11.8 Å². The van der Waals surface area contributed by atoms with E-state index in [1.54, 1.807) is 23.1 Å². The van der Waals surface area contributed by atoms with Gasteiger partial charge < -0.3 is 15.1 Å². The Morgan fingerprint density at radius 3 is 2.84 bits per heavy atom. The van der Waals surface area contributed by atoms with E-state index in [1.165, 1.54) is 0 Å². The van der Waals surface area contributed by atoms with E-state index in [0.717, 1.165) is 16.4 Å². The molecule has 1 aliphatic heterocycles. The largest absolute Gasteiger partial charge is 0.507 e. The van der Waals surface area contributed by atoms with Crippen LogP contribution in [0.15, 0.2) is 18.2 Å². The number of aromatic hydroxyl groups is 1. The van der Waals surface area contributed by atoms with E-state index in [4.69, 9.17) is 0 Å². The van der Waals surface area contributed by atoms with Crippen molar-refractivity contribution < 1.29 is 15.0 Å². The van der Waals surface area contributed by atoms with Crippen molar-refractivity contribution in [3.8, 4) is 5.75 Å². The molecule has 1 saturated heterocycles. The number of phenols is 1. The van der Waals surface area contributed by atoms with Crippen LogP contribution in [0, 0.1) is 15.4 Å². The van der Waals surface area contributed by atoms with E-state index >= 15 is 0 Å². The van der Waals surface area contributed by atoms with Crippen LogP contribution < -0.4 is 0 Å². The summed E-state index contributed by atoms with van der Waals surface area (Å²) < 4.78 is 0.929. The van der Waals surface area contributed by atoms with Crippen LogP contribution in [-0.4, -0.2) is 40.2 Å². The highest BCUT2D eigenvalue weighted by Gasteiger charge is 2.43. The number of halogens is 1. The molecule has 1 heterocycles. The summed E-state index contributed by atoms with van der Waals surface area (Å²) in [4.78, 5) is 14.2. The SMILES string of the molecule is O=C(c1cc(I)ccc1O)N1CC2CCC(O)C2C1. The summed E-state index contributed by atoms with van der Waals surface area (Å²) in [6, 6.07) is 5.04. The second kappa shape index (κ2) is 4.94. The van der Waals surface area contributed by atoms with Crippen LogP contribution in [0.25, 0.3) is 0 Å². The minimum absolute atomic E-state index is 0.0306. The first-order valence-corrected chi connectivity index (χ1v) is 7.60. The van der Waals surface area contributed by atoms with Crippen LogP contribution in [0.3, 0.4) is 0 Å². The number of aliphatic hydroxyl groups is 1. The normalized spacial score (nSPS) is 29.6. The van der Waals surface area contributed by atoms with Gasteiger partial charge >= 0.3 is 0 Å². The molecule has 2 aliphatic rings. The fraction of sp³-hybridized carbons (Fsp3) is 0.500. The number of benzene rings is 1. The second-order valence-corrected chi connectivity index (χ2v) is 6.69. The van der Waals surface area contributed by atoms with E-state index < -0.39 is 0 Å². The van der Waals surface area contributed by atoms with Crippen molar-refractivity contribution in [1.82, 2.24) is 4.90 Å². The van der Waals surface area contributed by atoms with Crippen LogP contribution in [0.1, 0.15) is 23.2 Å². The van der Waals surface area contributed by atoms with Gasteiger partial charge in [0.2, 0.25) is 0 Å². The maximum atomic E-state index is 12.4. The number of phenolic OH excluding ortho intramolecular Hbond substituents is 1. The van der Waals surface area contributed by atoms with Gasteiger partial charge in [-0.1, -0.05) is 0 Å². The van der Waals surface area contributed by atoms with Crippen LogP contribution in [0.2, 0.25) is 0 Å². The fourth-order valence-corrected chi connectivity index (χ4v) is 3.74. The molecule has 3 unspecified atom stereocenters. The Bertz CT molecular complexity index is 519. The van der Waals surface area contributed by atoms with Gasteiger partial charge in [0, 0.05) is 22.6 Å². The van der Waals surface area contributed by atoms with Crippen molar-refractivity contribution >= 4 is 28.5 Å². The average molecular weight is 373 g/mol. The number of nitrogens with zero attached hydrogens (tertiary/aromatic N) is 1. The standard InChI is InChI=1S/C14H16INO3/c15-9-2-4-12(17)10(5-9)14(19)16-6-8-1-3-13(18)11(8)7-16/h2,4-5,8,11,13,17-18H,1,3,6-7H2. The topological polar surface area (TPSA) is 60.8 Å². The summed E-state index contributed by atoms with van der Waals surface area (Å²) in [5, 5.41) is 19.7. The molecule has 1 aromatic carbocycles. The molecular weight excluding hydrogens is 357 g/mol. The summed E-state index contributed by atoms with van der Waals surface area (Å²) in [5.41, 5.74) is 0.362. The molecule has 0 radical (unpaired) electrons. The first-order valence-electron chi connectivity index (χ1n) is 6.52. The number of hydrogen-bond donors (Lipinski definition) is 2. The Kier molecular flexibility index (Phi) is 3.42. The van der Waals surface area contributed by atoms with E-state index in [1.807, 2.05) is 0 Å². The Balaban J connectivity index is 1.80. The molecule has 1 amide bonds. The van der Waals surface area contributed by atoms with Crippen molar-refractivity contribution in [3.63, 3.8) is 0 Å². The first kappa shape index (κ1) is 13.2. The summed E-state index contributed by atoms with van der Waals surface area (Å²) in [7, 11) is 0. The first-order chi connectivity index (χ1) is 9.06. The quantitative estimate of drug-likeness (QED) is 0.739. The number of fused-ring (bicyclic) bond motifs is 1. The molecule has 102 valence electrons. The average Bonchev–Trinajstić information content (AvgIpc) is 2.94. The molecule has 3 atom stereocenters. The van der Waals surface area contributed by atoms with Gasteiger partial charge in [-0.2, -0.15) is 0 Å². The van der Waals surface area contributed by atoms with Crippen LogP contribution >= 0.6 is 22.6 Å². The third kappa shape index (κ3) is 2.33. The predicted molar refractivity (Wildman–Crippen MR) is 78.9 cm³/mol. The van der Waals surface area contributed by atoms with E-state index in [9.17, 15) is 15.0 Å². The molecule has 3 rings (SSSR count). The molecule has 0 bridgehead atoms. The molecule has 1 aliphatic carbocycles. The number of rotatable bonds is 1. The van der Waals surface area contributed by atoms with E-state index in [2.05, 4.69) is 22.6 Å². The minimum atomic E-state index is -0.271. The van der Waals surface area contributed by atoms with E-state index in [-0.39, 0.29) is 23.7 Å². The molecule has 0 aromatic heterocycles. The minimum Gasteiger partial charge on any atom is -0.507 e. The summed E-state index contributed by atoms with van der Waals surface area (Å²) in [5.74, 6) is 0.540. The van der Waals surface area contributed by atoms with Gasteiger partial charge in [0.25, 0.3) is 5.91 Å². The van der Waals surface area contributed by atoms with Crippen LogP contribution in [0.4, 0.5) is 0 Å². The zero-order chi connectivity index (χ0) is 13.6. The maximum absolute atomic E-state index is 12.4. The Morgan fingerprint density at radius 2 is 2.11 bits per heavy atom. The molecule has 2 N–H and O–H groups in total. The highest BCUT2D eigenvalue weighted by atomic mass is 127. The lowest BCUT2D eigenvalue weighted by Gasteiger charge is -2.19. The lowest BCUT2D eigenvalue weighted by Crippen LogP contribution is -2.31. The molecule has 2 fully saturated rings. The van der Waals surface area contributed by atoms with Crippen molar-refractivity contribution in [3.05, 3.63) is 27.3 Å². The van der Waals surface area contributed by atoms with Gasteiger partial charge in [0.15, 0.2) is 0 Å². The highest BCUT2D eigenvalue weighted by molar-refractivity contribution is 14.1. The van der Waals surface area contributed by atoms with Gasteiger partial charge in [-0.3, -0.25) is 4.79 Å². The monoisotopic (exact) mass is 373 g/mol. The van der Waals surface area contributed by atoms with Crippen molar-refractivity contribution in [2.75, 3.05) is 13.1 Å². The molecule has 0 spiro atoms. The van der Waals surface area contributed by atoms with Crippen molar-refractivity contribution in [2.45, 2.75) is 18.9 Å². The summed E-state index contributed by atoms with van der Waals surface area (Å²) in [6.45, 7) is 1.31. The van der Waals surface area contributed by atoms with Gasteiger partial charge in [-0.15, -0.1) is 0 Å². The number of aliphatic hydroxyl groups excluding tert-OH is 1. The number of amides is 1. The molecule has 1 aromatic rings. The van der Waals surface area contributed by atoms with Crippen LogP contribution in [-0.2, 0) is 0 Å². The van der Waals surface area contributed by atoms with Gasteiger partial charge in [-0.05, 0) is 59.5 Å². The number of carbonyl (C=O) groups excluding carboxylic acids is 1. The highest BCUT2D eigenvalue weighted by Crippen LogP contribution is 2.39. The van der Waals surface area contributed by atoms with Gasteiger partial charge in [0.05, 0.1) is 11.7 Å². The maximum Gasteiger partial charge on any atom is 0.257 e. The summed E-state index contributed by atoms with van der Waals surface area (Å²) >= 11 is 2.13.